The van der Waals surface area contributed by atoms with E-state index in [9.17, 15) is 27.9 Å². The number of aromatic nitrogens is 1. The van der Waals surface area contributed by atoms with Crippen molar-refractivity contribution in [1.82, 2.24) is 19.9 Å². The Hall–Kier alpha value is -2.14. The molecular formula is C32H49F3N4O4. The largest absolute Gasteiger partial charge is 0.453 e. The predicted octanol–water partition coefficient (Wildman–Crippen LogP) is 5.67. The molecule has 0 radical (unpaired) electrons. The third kappa shape index (κ3) is 6.63. The van der Waals surface area contributed by atoms with E-state index in [1.165, 1.54) is 11.8 Å². The smallest absolute Gasteiger partial charge is 0.393 e. The van der Waals surface area contributed by atoms with Gasteiger partial charge in [0.05, 0.1) is 11.8 Å². The minimum Gasteiger partial charge on any atom is -0.393 e. The number of nitrogens with zero attached hydrogens (tertiary/aromatic N) is 4. The fourth-order valence-corrected chi connectivity index (χ4v) is 8.35. The Kier molecular flexibility index (Phi) is 9.52. The van der Waals surface area contributed by atoms with Crippen LogP contribution in [0.4, 0.5) is 13.2 Å². The van der Waals surface area contributed by atoms with Crippen LogP contribution in [0.1, 0.15) is 113 Å². The van der Waals surface area contributed by atoms with E-state index in [1.807, 2.05) is 0 Å². The molecule has 1 N–H and O–H groups in total. The molecule has 0 bridgehead atoms. The fourth-order valence-electron chi connectivity index (χ4n) is 8.35. The number of rotatable bonds is 7. The van der Waals surface area contributed by atoms with Gasteiger partial charge in [-0.15, -0.1) is 0 Å². The van der Waals surface area contributed by atoms with Gasteiger partial charge in [0.15, 0.2) is 0 Å². The molecule has 1 aromatic heterocycles. The van der Waals surface area contributed by atoms with Crippen LogP contribution in [0.15, 0.2) is 4.52 Å². The van der Waals surface area contributed by atoms with E-state index in [0.717, 1.165) is 90.4 Å². The maximum atomic E-state index is 13.9. The summed E-state index contributed by atoms with van der Waals surface area (Å²) in [5.74, 6) is -1.11. The highest BCUT2D eigenvalue weighted by molar-refractivity contribution is 5.96. The normalized spacial score (nSPS) is 28.4. The second kappa shape index (κ2) is 12.7. The molecule has 3 saturated heterocycles. The number of aliphatic hydroxyl groups excluding tert-OH is 1. The number of aryl methyl sites for hydroxylation is 1. The van der Waals surface area contributed by atoms with Gasteiger partial charge in [0, 0.05) is 37.6 Å². The molecule has 242 valence electrons. The number of hydrogen-bond acceptors (Lipinski definition) is 6. The van der Waals surface area contributed by atoms with Crippen LogP contribution in [0.2, 0.25) is 0 Å². The van der Waals surface area contributed by atoms with E-state index in [0.29, 0.717) is 37.8 Å². The fraction of sp³-hybridized carbons (Fsp3) is 0.844. The van der Waals surface area contributed by atoms with Crippen LogP contribution in [0.3, 0.4) is 0 Å². The van der Waals surface area contributed by atoms with Crippen molar-refractivity contribution in [2.24, 2.45) is 17.3 Å². The maximum absolute atomic E-state index is 13.9. The molecule has 11 heteroatoms. The Bertz CT molecular complexity index is 1130. The molecule has 0 unspecified atom stereocenters. The summed E-state index contributed by atoms with van der Waals surface area (Å²) < 4.78 is 44.8. The highest BCUT2D eigenvalue weighted by Crippen LogP contribution is 2.49. The van der Waals surface area contributed by atoms with Gasteiger partial charge in [0.1, 0.15) is 5.56 Å². The Morgan fingerprint density at radius 2 is 1.65 bits per heavy atom. The molecule has 1 aromatic rings. The van der Waals surface area contributed by atoms with Crippen molar-refractivity contribution < 1.29 is 32.4 Å². The topological polar surface area (TPSA) is 90.1 Å². The molecule has 5 rings (SSSR count). The number of unbranched alkanes of at least 4 members (excludes halogenated alkanes) is 1. The lowest BCUT2D eigenvalue weighted by molar-refractivity contribution is -0.156. The number of alkyl halides is 3. The molecular weight excluding hydrogens is 561 g/mol. The Labute approximate surface area is 253 Å². The van der Waals surface area contributed by atoms with Gasteiger partial charge in [0.2, 0.25) is 5.91 Å². The number of carbonyl (C=O) groups is 2. The summed E-state index contributed by atoms with van der Waals surface area (Å²) in [6.07, 6.45) is 6.11. The number of hydrogen-bond donors (Lipinski definition) is 1. The molecule has 4 fully saturated rings. The number of aliphatic hydroxyl groups is 1. The maximum Gasteiger partial charge on any atom is 0.453 e. The molecule has 1 aliphatic carbocycles. The van der Waals surface area contributed by atoms with Crippen molar-refractivity contribution in [2.75, 3.05) is 39.3 Å². The lowest BCUT2D eigenvalue weighted by atomic mass is 9.62. The molecule has 1 saturated carbocycles. The summed E-state index contributed by atoms with van der Waals surface area (Å²) in [5.41, 5.74) is -0.646. The summed E-state index contributed by atoms with van der Waals surface area (Å²) in [4.78, 5) is 33.2. The van der Waals surface area contributed by atoms with Crippen LogP contribution in [-0.4, -0.2) is 87.7 Å². The van der Waals surface area contributed by atoms with E-state index in [1.54, 1.807) is 0 Å². The van der Waals surface area contributed by atoms with Crippen LogP contribution >= 0.6 is 0 Å². The minimum atomic E-state index is -4.77. The van der Waals surface area contributed by atoms with Crippen molar-refractivity contribution in [3.63, 3.8) is 0 Å². The lowest BCUT2D eigenvalue weighted by Gasteiger charge is -2.55. The first kappa shape index (κ1) is 32.3. The molecule has 3 aliphatic heterocycles. The van der Waals surface area contributed by atoms with E-state index < -0.39 is 23.4 Å². The third-order valence-electron chi connectivity index (χ3n) is 11.4. The van der Waals surface area contributed by atoms with Crippen molar-refractivity contribution in [2.45, 2.75) is 116 Å². The minimum absolute atomic E-state index is 0.0227. The highest BCUT2D eigenvalue weighted by atomic mass is 19.4. The van der Waals surface area contributed by atoms with Crippen molar-refractivity contribution in [3.8, 4) is 0 Å². The van der Waals surface area contributed by atoms with Gasteiger partial charge in [0.25, 0.3) is 11.7 Å². The van der Waals surface area contributed by atoms with E-state index in [4.69, 9.17) is 0 Å². The predicted molar refractivity (Wildman–Crippen MR) is 155 cm³/mol. The number of carbonyl (C=O) groups excluding carboxylic acids is 2. The Morgan fingerprint density at radius 1 is 1.02 bits per heavy atom. The summed E-state index contributed by atoms with van der Waals surface area (Å²) in [6.45, 7) is 9.94. The first-order valence-electron chi connectivity index (χ1n) is 16.4. The average molecular weight is 611 g/mol. The standard InChI is InChI=1S/C32H49F3N4O4/c1-4-5-6-25-28(41)38(21-23-7-9-24(40)10-8-23)18-13-31(25)14-19-39(20-15-31)30(3)11-16-37(17-12-30)29(42)26-22(2)36-43-27(26)32(33,34)35/h23-25,40H,4-21H2,1-3H3/t23?,24?,25-/m1/s1. The first-order chi connectivity index (χ1) is 20.4. The zero-order valence-electron chi connectivity index (χ0n) is 26.1. The summed E-state index contributed by atoms with van der Waals surface area (Å²) >= 11 is 0. The molecule has 8 nitrogen and oxygen atoms in total. The van der Waals surface area contributed by atoms with E-state index in [2.05, 4.69) is 33.3 Å². The molecule has 1 atom stereocenters. The zero-order chi connectivity index (χ0) is 31.0. The van der Waals surface area contributed by atoms with Gasteiger partial charge in [-0.05, 0) is 102 Å². The summed E-state index contributed by atoms with van der Waals surface area (Å²) in [7, 11) is 0. The van der Waals surface area contributed by atoms with Gasteiger partial charge in [-0.25, -0.2) is 0 Å². The van der Waals surface area contributed by atoms with Gasteiger partial charge >= 0.3 is 6.18 Å². The summed E-state index contributed by atoms with van der Waals surface area (Å²) in [5, 5.41) is 13.3. The van der Waals surface area contributed by atoms with Gasteiger partial charge < -0.3 is 19.4 Å². The Morgan fingerprint density at radius 3 is 2.26 bits per heavy atom. The van der Waals surface area contributed by atoms with Crippen LogP contribution < -0.4 is 0 Å². The quantitative estimate of drug-likeness (QED) is 0.428. The van der Waals surface area contributed by atoms with Crippen molar-refractivity contribution in [3.05, 3.63) is 17.0 Å². The first-order valence-corrected chi connectivity index (χ1v) is 16.4. The average Bonchev–Trinajstić information content (AvgIpc) is 3.38. The van der Waals surface area contributed by atoms with Crippen molar-refractivity contribution >= 4 is 11.8 Å². The number of likely N-dealkylation sites (tertiary alicyclic amines) is 3. The van der Waals surface area contributed by atoms with Crippen LogP contribution in [-0.2, 0) is 11.0 Å². The monoisotopic (exact) mass is 610 g/mol. The van der Waals surface area contributed by atoms with E-state index >= 15 is 0 Å². The van der Waals surface area contributed by atoms with Crippen molar-refractivity contribution in [1.29, 1.82) is 0 Å². The zero-order valence-corrected chi connectivity index (χ0v) is 26.1. The molecule has 4 aliphatic rings. The second-order valence-electron chi connectivity index (χ2n) is 14.0. The molecule has 43 heavy (non-hydrogen) atoms. The highest BCUT2D eigenvalue weighted by Gasteiger charge is 2.51. The lowest BCUT2D eigenvalue weighted by Crippen LogP contribution is -2.60. The van der Waals surface area contributed by atoms with Crippen LogP contribution in [0.5, 0.6) is 0 Å². The van der Waals surface area contributed by atoms with Gasteiger partial charge in [-0.3, -0.25) is 14.5 Å². The third-order valence-corrected chi connectivity index (χ3v) is 11.4. The number of halogens is 3. The second-order valence-corrected chi connectivity index (χ2v) is 14.0. The molecule has 4 heterocycles. The molecule has 0 aromatic carbocycles. The van der Waals surface area contributed by atoms with E-state index in [-0.39, 0.29) is 28.7 Å². The summed E-state index contributed by atoms with van der Waals surface area (Å²) in [6, 6.07) is 0. The molecule has 2 amide bonds. The van der Waals surface area contributed by atoms with Crippen LogP contribution in [0.25, 0.3) is 0 Å². The van der Waals surface area contributed by atoms with Crippen LogP contribution in [0, 0.1) is 24.2 Å². The van der Waals surface area contributed by atoms with Gasteiger partial charge in [-0.2, -0.15) is 13.2 Å². The van der Waals surface area contributed by atoms with Gasteiger partial charge in [-0.1, -0.05) is 24.9 Å². The Balaban J connectivity index is 1.19. The number of amides is 2. The molecule has 1 spiro atoms. The SMILES string of the molecule is CCCC[C@@H]1C(=O)N(CC2CCC(O)CC2)CCC12CCN(C1(C)CCN(C(=O)c3c(C)noc3C(F)(F)F)CC1)CC2. The number of piperidine rings is 3.